The van der Waals surface area contributed by atoms with E-state index in [1.165, 1.54) is 0 Å². The molecule has 3 atom stereocenters. The van der Waals surface area contributed by atoms with E-state index in [9.17, 15) is 14.7 Å². The number of ether oxygens (including phenoxy) is 2. The van der Waals surface area contributed by atoms with Gasteiger partial charge in [0, 0.05) is 12.2 Å². The van der Waals surface area contributed by atoms with Crippen LogP contribution in [0.5, 0.6) is 5.75 Å². The Morgan fingerprint density at radius 2 is 2.00 bits per heavy atom. The Morgan fingerprint density at radius 1 is 1.21 bits per heavy atom. The molecule has 0 aromatic heterocycles. The highest BCUT2D eigenvalue weighted by Gasteiger charge is 2.27. The van der Waals surface area contributed by atoms with E-state index in [4.69, 9.17) is 9.47 Å². The summed E-state index contributed by atoms with van der Waals surface area (Å²) in [4.78, 5) is 24.3. The predicted octanol–water partition coefficient (Wildman–Crippen LogP) is 3.44. The highest BCUT2D eigenvalue weighted by Crippen LogP contribution is 2.24. The molecule has 1 aliphatic heterocycles. The molecule has 28 heavy (non-hydrogen) atoms. The zero-order chi connectivity index (χ0) is 19.9. The van der Waals surface area contributed by atoms with Crippen LogP contribution in [0.15, 0.2) is 54.6 Å². The second kappa shape index (κ2) is 9.37. The first-order chi connectivity index (χ1) is 13.5. The summed E-state index contributed by atoms with van der Waals surface area (Å²) in [7, 11) is 0. The maximum atomic E-state index is 12.8. The third-order valence-corrected chi connectivity index (χ3v) is 4.89. The van der Waals surface area contributed by atoms with Crippen molar-refractivity contribution in [3.8, 4) is 5.75 Å². The number of hydrogen-bond acceptors (Lipinski definition) is 4. The van der Waals surface area contributed by atoms with Crippen LogP contribution in [0.4, 0.5) is 0 Å². The fourth-order valence-electron chi connectivity index (χ4n) is 3.22. The summed E-state index contributed by atoms with van der Waals surface area (Å²) in [5.41, 5.74) is 1.17. The molecule has 0 bridgehead atoms. The molecule has 0 saturated carbocycles. The average Bonchev–Trinajstić information content (AvgIpc) is 3.24. The Hall–Kier alpha value is -2.86. The Morgan fingerprint density at radius 3 is 2.68 bits per heavy atom. The Balaban J connectivity index is 1.70. The van der Waals surface area contributed by atoms with Gasteiger partial charge < -0.3 is 19.9 Å². The molecule has 1 fully saturated rings. The molecule has 1 aliphatic rings. The zero-order valence-corrected chi connectivity index (χ0v) is 15.8. The molecule has 0 radical (unpaired) electrons. The van der Waals surface area contributed by atoms with Gasteiger partial charge in [0.15, 0.2) is 0 Å². The van der Waals surface area contributed by atoms with Crippen LogP contribution < -0.4 is 10.1 Å². The summed E-state index contributed by atoms with van der Waals surface area (Å²) in [5, 5.41) is 12.3. The summed E-state index contributed by atoms with van der Waals surface area (Å²) < 4.78 is 11.3. The third-order valence-electron chi connectivity index (χ3n) is 4.89. The van der Waals surface area contributed by atoms with Gasteiger partial charge in [-0.25, -0.2) is 0 Å². The molecule has 2 N–H and O–H groups in total. The monoisotopic (exact) mass is 383 g/mol. The molecule has 148 valence electrons. The van der Waals surface area contributed by atoms with E-state index in [1.54, 1.807) is 31.2 Å². The van der Waals surface area contributed by atoms with Crippen LogP contribution in [0.1, 0.15) is 41.7 Å². The Kier molecular flexibility index (Phi) is 6.66. The highest BCUT2D eigenvalue weighted by molar-refractivity contribution is 5.95. The van der Waals surface area contributed by atoms with Gasteiger partial charge in [0.05, 0.1) is 18.1 Å². The fourth-order valence-corrected chi connectivity index (χ4v) is 3.22. The van der Waals surface area contributed by atoms with Crippen LogP contribution in [0.2, 0.25) is 0 Å². The number of hydrogen-bond donors (Lipinski definition) is 2. The van der Waals surface area contributed by atoms with Crippen LogP contribution in [-0.2, 0) is 9.53 Å². The van der Waals surface area contributed by atoms with Gasteiger partial charge in [-0.2, -0.15) is 0 Å². The van der Waals surface area contributed by atoms with Gasteiger partial charge >= 0.3 is 5.97 Å². The van der Waals surface area contributed by atoms with E-state index in [0.717, 1.165) is 25.0 Å². The smallest absolute Gasteiger partial charge is 0.308 e. The predicted molar refractivity (Wildman–Crippen MR) is 104 cm³/mol. The lowest BCUT2D eigenvalue weighted by Crippen LogP contribution is -2.35. The van der Waals surface area contributed by atoms with E-state index in [-0.39, 0.29) is 12.0 Å². The number of aliphatic carboxylic acids is 1. The minimum Gasteiger partial charge on any atom is -0.491 e. The van der Waals surface area contributed by atoms with Crippen LogP contribution >= 0.6 is 0 Å². The van der Waals surface area contributed by atoms with Crippen LogP contribution in [0.25, 0.3) is 0 Å². The number of nitrogens with one attached hydrogen (secondary N) is 1. The number of benzene rings is 2. The minimum atomic E-state index is -0.970. The fraction of sp³-hybridized carbons (Fsp3) is 0.364. The molecule has 1 saturated heterocycles. The summed E-state index contributed by atoms with van der Waals surface area (Å²) in [5.74, 6) is -1.50. The molecule has 0 aliphatic carbocycles. The average molecular weight is 383 g/mol. The lowest BCUT2D eigenvalue weighted by atomic mass is 9.94. The van der Waals surface area contributed by atoms with Crippen molar-refractivity contribution in [2.75, 3.05) is 13.2 Å². The second-order valence-electron chi connectivity index (χ2n) is 6.96. The van der Waals surface area contributed by atoms with Crippen molar-refractivity contribution in [2.24, 2.45) is 5.92 Å². The number of carboxylic acids is 1. The second-order valence-corrected chi connectivity index (χ2v) is 6.96. The van der Waals surface area contributed by atoms with Crippen molar-refractivity contribution >= 4 is 11.9 Å². The molecule has 3 rings (SSSR count). The number of rotatable bonds is 8. The van der Waals surface area contributed by atoms with Crippen molar-refractivity contribution in [1.82, 2.24) is 5.32 Å². The van der Waals surface area contributed by atoms with Crippen LogP contribution in [0, 0.1) is 5.92 Å². The summed E-state index contributed by atoms with van der Waals surface area (Å²) in [6.07, 6.45) is 2.11. The minimum absolute atomic E-state index is 0.0939. The number of carbonyl (C=O) groups is 2. The third kappa shape index (κ3) is 5.10. The van der Waals surface area contributed by atoms with Crippen molar-refractivity contribution < 1.29 is 24.2 Å². The zero-order valence-electron chi connectivity index (χ0n) is 15.8. The van der Waals surface area contributed by atoms with Gasteiger partial charge in [-0.3, -0.25) is 9.59 Å². The van der Waals surface area contributed by atoms with Gasteiger partial charge in [0.25, 0.3) is 5.91 Å². The van der Waals surface area contributed by atoms with E-state index < -0.39 is 17.9 Å². The number of carboxylic acid groups (broad SMARTS) is 1. The van der Waals surface area contributed by atoms with E-state index >= 15 is 0 Å². The van der Waals surface area contributed by atoms with Crippen LogP contribution in [0.3, 0.4) is 0 Å². The standard InChI is InChI=1S/C22H25NO5/c1-15(22(25)26)20(16-7-3-2-4-8-16)23-21(24)17-9-5-10-18(13-17)28-14-19-11-6-12-27-19/h2-5,7-10,13,15,19-20H,6,11-12,14H2,1H3,(H,23,24)(H,25,26). The molecule has 6 heteroatoms. The molecular formula is C22H25NO5. The first-order valence-electron chi connectivity index (χ1n) is 9.47. The summed E-state index contributed by atoms with van der Waals surface area (Å²) >= 11 is 0. The van der Waals surface area contributed by atoms with E-state index in [2.05, 4.69) is 5.32 Å². The molecule has 2 aromatic carbocycles. The number of amides is 1. The summed E-state index contributed by atoms with van der Waals surface area (Å²) in [6.45, 7) is 2.80. The van der Waals surface area contributed by atoms with Crippen molar-refractivity contribution in [3.63, 3.8) is 0 Å². The molecule has 2 aromatic rings. The normalized spacial score (nSPS) is 18.2. The Labute approximate surface area is 164 Å². The van der Waals surface area contributed by atoms with E-state index in [0.29, 0.717) is 17.9 Å². The largest absolute Gasteiger partial charge is 0.491 e. The van der Waals surface area contributed by atoms with Gasteiger partial charge in [-0.1, -0.05) is 36.4 Å². The van der Waals surface area contributed by atoms with Crippen molar-refractivity contribution in [3.05, 3.63) is 65.7 Å². The Bertz CT molecular complexity index is 802. The molecule has 1 amide bonds. The first kappa shape index (κ1) is 19.9. The van der Waals surface area contributed by atoms with Crippen molar-refractivity contribution in [2.45, 2.75) is 31.9 Å². The van der Waals surface area contributed by atoms with E-state index in [1.807, 2.05) is 30.3 Å². The number of carbonyl (C=O) groups excluding carboxylic acids is 1. The SMILES string of the molecule is CC(C(=O)O)C(NC(=O)c1cccc(OCC2CCCO2)c1)c1ccccc1. The van der Waals surface area contributed by atoms with Gasteiger partial charge in [-0.05, 0) is 43.5 Å². The molecule has 3 unspecified atom stereocenters. The van der Waals surface area contributed by atoms with Crippen molar-refractivity contribution in [1.29, 1.82) is 0 Å². The first-order valence-corrected chi connectivity index (χ1v) is 9.47. The highest BCUT2D eigenvalue weighted by atomic mass is 16.5. The van der Waals surface area contributed by atoms with Gasteiger partial charge in [-0.15, -0.1) is 0 Å². The maximum Gasteiger partial charge on any atom is 0.308 e. The molecule has 0 spiro atoms. The summed E-state index contributed by atoms with van der Waals surface area (Å²) in [6, 6.07) is 15.4. The van der Waals surface area contributed by atoms with Gasteiger partial charge in [0.1, 0.15) is 12.4 Å². The quantitative estimate of drug-likeness (QED) is 0.729. The lowest BCUT2D eigenvalue weighted by molar-refractivity contribution is -0.142. The van der Waals surface area contributed by atoms with Gasteiger partial charge in [0.2, 0.25) is 0 Å². The molecule has 6 nitrogen and oxygen atoms in total. The molecule has 1 heterocycles. The maximum absolute atomic E-state index is 12.8. The lowest BCUT2D eigenvalue weighted by Gasteiger charge is -2.23. The van der Waals surface area contributed by atoms with Crippen LogP contribution in [-0.4, -0.2) is 36.3 Å². The topological polar surface area (TPSA) is 84.9 Å². The molecular weight excluding hydrogens is 358 g/mol.